The van der Waals surface area contributed by atoms with Gasteiger partial charge >= 0.3 is 5.97 Å². The Morgan fingerprint density at radius 3 is 2.43 bits per heavy atom. The molecule has 3 aromatic rings. The zero-order valence-electron chi connectivity index (χ0n) is 12.1. The molecule has 106 valence electrons. The van der Waals surface area contributed by atoms with Crippen molar-refractivity contribution in [2.45, 2.75) is 13.0 Å². The second-order valence-corrected chi connectivity index (χ2v) is 5.05. The smallest absolute Gasteiger partial charge is 0.340 e. The summed E-state index contributed by atoms with van der Waals surface area (Å²) in [5, 5.41) is 0.923. The van der Waals surface area contributed by atoms with Gasteiger partial charge in [0.25, 0.3) is 0 Å². The van der Waals surface area contributed by atoms with Gasteiger partial charge in [-0.1, -0.05) is 48.5 Å². The monoisotopic (exact) mass is 279 g/mol. The van der Waals surface area contributed by atoms with Crippen molar-refractivity contribution in [1.29, 1.82) is 0 Å². The number of carbonyl (C=O) groups excluding carboxylic acids is 1. The first-order chi connectivity index (χ1) is 10.2. The Morgan fingerprint density at radius 2 is 1.71 bits per heavy atom. The maximum absolute atomic E-state index is 12.0. The first-order valence-electron chi connectivity index (χ1n) is 6.95. The Balaban J connectivity index is 2.17. The molecule has 0 aliphatic carbocycles. The maximum Gasteiger partial charge on any atom is 0.340 e. The first kappa shape index (κ1) is 13.4. The second-order valence-electron chi connectivity index (χ2n) is 5.05. The molecule has 0 amide bonds. The van der Waals surface area contributed by atoms with Crippen molar-refractivity contribution in [2.75, 3.05) is 7.11 Å². The summed E-state index contributed by atoms with van der Waals surface area (Å²) in [4.78, 5) is 12.0. The van der Waals surface area contributed by atoms with E-state index in [2.05, 4.69) is 23.6 Å². The summed E-state index contributed by atoms with van der Waals surface area (Å²) < 4.78 is 7.01. The summed E-state index contributed by atoms with van der Waals surface area (Å²) in [6, 6.07) is 18.3. The minimum absolute atomic E-state index is 0.148. The average Bonchev–Trinajstić information content (AvgIpc) is 2.94. The van der Waals surface area contributed by atoms with Crippen LogP contribution in [0.25, 0.3) is 10.9 Å². The van der Waals surface area contributed by atoms with Crippen molar-refractivity contribution >= 4 is 16.9 Å². The van der Waals surface area contributed by atoms with Crippen molar-refractivity contribution in [3.63, 3.8) is 0 Å². The van der Waals surface area contributed by atoms with Crippen molar-refractivity contribution in [3.8, 4) is 0 Å². The highest BCUT2D eigenvalue weighted by Gasteiger charge is 2.18. The number of benzene rings is 2. The lowest BCUT2D eigenvalue weighted by atomic mass is 10.1. The Bertz CT molecular complexity index is 774. The van der Waals surface area contributed by atoms with E-state index in [0.29, 0.717) is 5.56 Å². The van der Waals surface area contributed by atoms with E-state index < -0.39 is 0 Å². The molecule has 1 aromatic heterocycles. The van der Waals surface area contributed by atoms with Crippen LogP contribution in [0.15, 0.2) is 60.8 Å². The van der Waals surface area contributed by atoms with Crippen LogP contribution in [0.3, 0.4) is 0 Å². The minimum atomic E-state index is -0.301. The van der Waals surface area contributed by atoms with Crippen LogP contribution in [-0.4, -0.2) is 17.6 Å². The van der Waals surface area contributed by atoms with E-state index in [4.69, 9.17) is 4.74 Å². The molecular formula is C18H17NO2. The Hall–Kier alpha value is -2.55. The minimum Gasteiger partial charge on any atom is -0.465 e. The number of esters is 1. The number of hydrogen-bond acceptors (Lipinski definition) is 2. The quantitative estimate of drug-likeness (QED) is 0.678. The first-order valence-corrected chi connectivity index (χ1v) is 6.95. The van der Waals surface area contributed by atoms with Gasteiger partial charge in [0.2, 0.25) is 0 Å². The van der Waals surface area contributed by atoms with Gasteiger partial charge in [0, 0.05) is 17.1 Å². The number of para-hydroxylation sites is 1. The van der Waals surface area contributed by atoms with Crippen LogP contribution in [0, 0.1) is 0 Å². The summed E-state index contributed by atoms with van der Waals surface area (Å²) in [7, 11) is 1.41. The number of carbonyl (C=O) groups is 1. The fourth-order valence-electron chi connectivity index (χ4n) is 2.69. The molecule has 0 radical (unpaired) electrons. The van der Waals surface area contributed by atoms with Crippen LogP contribution < -0.4 is 0 Å². The van der Waals surface area contributed by atoms with Crippen molar-refractivity contribution in [3.05, 3.63) is 71.9 Å². The Labute approximate surface area is 123 Å². The molecule has 0 saturated carbocycles. The molecule has 0 fully saturated rings. The molecule has 0 bridgehead atoms. The van der Waals surface area contributed by atoms with Gasteiger partial charge in [0.05, 0.1) is 18.7 Å². The topological polar surface area (TPSA) is 31.2 Å². The van der Waals surface area contributed by atoms with Crippen LogP contribution in [-0.2, 0) is 4.74 Å². The molecule has 0 N–H and O–H groups in total. The molecule has 0 saturated heterocycles. The average molecular weight is 279 g/mol. The van der Waals surface area contributed by atoms with Gasteiger partial charge < -0.3 is 9.30 Å². The molecule has 0 spiro atoms. The number of ether oxygens (including phenoxy) is 1. The predicted molar refractivity (Wildman–Crippen MR) is 83.5 cm³/mol. The number of nitrogens with zero attached hydrogens (tertiary/aromatic N) is 1. The Morgan fingerprint density at radius 1 is 1.05 bits per heavy atom. The molecule has 21 heavy (non-hydrogen) atoms. The van der Waals surface area contributed by atoms with Crippen molar-refractivity contribution < 1.29 is 9.53 Å². The van der Waals surface area contributed by atoms with Crippen LogP contribution in [0.4, 0.5) is 0 Å². The number of rotatable bonds is 3. The lowest BCUT2D eigenvalue weighted by molar-refractivity contribution is 0.0602. The third-order valence-electron chi connectivity index (χ3n) is 3.85. The number of hydrogen-bond donors (Lipinski definition) is 0. The van der Waals surface area contributed by atoms with Crippen molar-refractivity contribution in [2.24, 2.45) is 0 Å². The lowest BCUT2D eigenvalue weighted by Crippen LogP contribution is -2.05. The van der Waals surface area contributed by atoms with Gasteiger partial charge in [-0.15, -0.1) is 0 Å². The summed E-state index contributed by atoms with van der Waals surface area (Å²) in [6.45, 7) is 2.13. The van der Waals surface area contributed by atoms with E-state index in [9.17, 15) is 4.79 Å². The maximum atomic E-state index is 12.0. The molecule has 0 unspecified atom stereocenters. The SMILES string of the molecule is COC(=O)c1cn([C@H](C)c2ccccc2)c2ccccc12. The highest BCUT2D eigenvalue weighted by molar-refractivity contribution is 6.04. The summed E-state index contributed by atoms with van der Waals surface area (Å²) >= 11 is 0. The number of aromatic nitrogens is 1. The lowest BCUT2D eigenvalue weighted by Gasteiger charge is -2.15. The number of methoxy groups -OCH3 is 1. The number of fused-ring (bicyclic) bond motifs is 1. The zero-order valence-corrected chi connectivity index (χ0v) is 12.1. The largest absolute Gasteiger partial charge is 0.465 e. The molecule has 1 atom stereocenters. The molecule has 0 aliphatic rings. The van der Waals surface area contributed by atoms with Gasteiger partial charge in [0.1, 0.15) is 0 Å². The summed E-state index contributed by atoms with van der Waals surface area (Å²) in [5.41, 5.74) is 2.85. The molecule has 1 heterocycles. The third kappa shape index (κ3) is 2.31. The van der Waals surface area contributed by atoms with Gasteiger partial charge in [0.15, 0.2) is 0 Å². The van der Waals surface area contributed by atoms with Crippen LogP contribution in [0.5, 0.6) is 0 Å². The van der Waals surface area contributed by atoms with Gasteiger partial charge in [-0.05, 0) is 18.6 Å². The molecule has 0 aliphatic heterocycles. The molecule has 3 heteroatoms. The van der Waals surface area contributed by atoms with Crippen molar-refractivity contribution in [1.82, 2.24) is 4.57 Å². The van der Waals surface area contributed by atoms with Crippen LogP contribution >= 0.6 is 0 Å². The van der Waals surface area contributed by atoms with E-state index >= 15 is 0 Å². The van der Waals surface area contributed by atoms with Gasteiger partial charge in [-0.2, -0.15) is 0 Å². The highest BCUT2D eigenvalue weighted by atomic mass is 16.5. The third-order valence-corrected chi connectivity index (χ3v) is 3.85. The molecule has 3 nitrogen and oxygen atoms in total. The highest BCUT2D eigenvalue weighted by Crippen LogP contribution is 2.28. The van der Waals surface area contributed by atoms with Crippen LogP contribution in [0.1, 0.15) is 28.9 Å². The second kappa shape index (κ2) is 5.44. The van der Waals surface area contributed by atoms with E-state index in [1.54, 1.807) is 0 Å². The van der Waals surface area contributed by atoms with E-state index in [0.717, 1.165) is 10.9 Å². The van der Waals surface area contributed by atoms with Crippen LogP contribution in [0.2, 0.25) is 0 Å². The van der Waals surface area contributed by atoms with Gasteiger partial charge in [-0.3, -0.25) is 0 Å². The Kier molecular flexibility index (Phi) is 3.48. The van der Waals surface area contributed by atoms with E-state index in [1.807, 2.05) is 48.7 Å². The molecular weight excluding hydrogens is 262 g/mol. The summed E-state index contributed by atoms with van der Waals surface area (Å²) in [6.07, 6.45) is 1.88. The normalized spacial score (nSPS) is 12.3. The fraction of sp³-hybridized carbons (Fsp3) is 0.167. The molecule has 2 aromatic carbocycles. The standard InChI is InChI=1S/C18H17NO2/c1-13(14-8-4-3-5-9-14)19-12-16(18(20)21-2)15-10-6-7-11-17(15)19/h3-13H,1-2H3/t13-/m1/s1. The molecule has 3 rings (SSSR count). The fourth-order valence-corrected chi connectivity index (χ4v) is 2.69. The summed E-state index contributed by atoms with van der Waals surface area (Å²) in [5.74, 6) is -0.301. The van der Waals surface area contributed by atoms with E-state index in [-0.39, 0.29) is 12.0 Å². The zero-order chi connectivity index (χ0) is 14.8. The van der Waals surface area contributed by atoms with Gasteiger partial charge in [-0.25, -0.2) is 4.79 Å². The van der Waals surface area contributed by atoms with E-state index in [1.165, 1.54) is 12.7 Å². The predicted octanol–water partition coefficient (Wildman–Crippen LogP) is 4.04.